The molecule has 2 aliphatic carbocycles. The van der Waals surface area contributed by atoms with Gasteiger partial charge < -0.3 is 5.11 Å². The minimum absolute atomic E-state index is 0.257. The molecule has 19 heavy (non-hydrogen) atoms. The van der Waals surface area contributed by atoms with Crippen molar-refractivity contribution < 1.29 is 5.11 Å². The largest absolute Gasteiger partial charge is 0.508 e. The Morgan fingerprint density at radius 3 is 2.63 bits per heavy atom. The normalized spacial score (nSPS) is 24.1. The Bertz CT molecular complexity index is 515. The minimum atomic E-state index is 0.257. The van der Waals surface area contributed by atoms with Crippen LogP contribution < -0.4 is 0 Å². The van der Waals surface area contributed by atoms with Gasteiger partial charge in [-0.05, 0) is 66.0 Å². The SMILES string of the molecule is O=NC1=C(c2cccc(O)c2)C(C2CCCC2)CC1. The van der Waals surface area contributed by atoms with Gasteiger partial charge in [0.15, 0.2) is 0 Å². The third kappa shape index (κ3) is 2.29. The molecule has 0 spiro atoms. The molecular weight excluding hydrogens is 238 g/mol. The van der Waals surface area contributed by atoms with Crippen LogP contribution in [0.1, 0.15) is 44.1 Å². The Hall–Kier alpha value is -1.64. The summed E-state index contributed by atoms with van der Waals surface area (Å²) < 4.78 is 0. The minimum Gasteiger partial charge on any atom is -0.508 e. The molecule has 3 rings (SSSR count). The smallest absolute Gasteiger partial charge is 0.116 e. The lowest BCUT2D eigenvalue weighted by Gasteiger charge is -2.22. The molecule has 0 aliphatic heterocycles. The van der Waals surface area contributed by atoms with E-state index in [1.807, 2.05) is 12.1 Å². The quantitative estimate of drug-likeness (QED) is 0.812. The Balaban J connectivity index is 1.99. The average molecular weight is 257 g/mol. The third-order valence-corrected chi connectivity index (χ3v) is 4.61. The van der Waals surface area contributed by atoms with E-state index in [0.29, 0.717) is 17.5 Å². The number of phenols is 1. The molecule has 0 saturated heterocycles. The van der Waals surface area contributed by atoms with Gasteiger partial charge in [0.2, 0.25) is 0 Å². The predicted molar refractivity (Wildman–Crippen MR) is 75.5 cm³/mol. The van der Waals surface area contributed by atoms with Crippen LogP contribution in [0.15, 0.2) is 35.1 Å². The molecule has 0 radical (unpaired) electrons. The van der Waals surface area contributed by atoms with Gasteiger partial charge in [0.05, 0.1) is 5.70 Å². The van der Waals surface area contributed by atoms with Crippen molar-refractivity contribution in [3.05, 3.63) is 40.4 Å². The summed E-state index contributed by atoms with van der Waals surface area (Å²) in [5, 5.41) is 12.9. The third-order valence-electron chi connectivity index (χ3n) is 4.61. The maximum atomic E-state index is 11.1. The van der Waals surface area contributed by atoms with Gasteiger partial charge in [0.25, 0.3) is 0 Å². The maximum Gasteiger partial charge on any atom is 0.116 e. The highest BCUT2D eigenvalue weighted by Crippen LogP contribution is 2.48. The van der Waals surface area contributed by atoms with E-state index in [9.17, 15) is 10.0 Å². The Kier molecular flexibility index (Phi) is 3.36. The highest BCUT2D eigenvalue weighted by molar-refractivity contribution is 5.73. The molecule has 1 aromatic carbocycles. The first-order valence-electron chi connectivity index (χ1n) is 7.15. The van der Waals surface area contributed by atoms with Gasteiger partial charge in [0, 0.05) is 0 Å². The molecule has 3 heteroatoms. The number of rotatable bonds is 3. The van der Waals surface area contributed by atoms with Crippen LogP contribution in [0.3, 0.4) is 0 Å². The van der Waals surface area contributed by atoms with Crippen LogP contribution in [0.25, 0.3) is 5.57 Å². The van der Waals surface area contributed by atoms with E-state index in [1.54, 1.807) is 12.1 Å². The van der Waals surface area contributed by atoms with Crippen molar-refractivity contribution in [2.45, 2.75) is 38.5 Å². The fourth-order valence-corrected chi connectivity index (χ4v) is 3.77. The molecule has 0 bridgehead atoms. The lowest BCUT2D eigenvalue weighted by atomic mass is 9.82. The number of nitrogens with zero attached hydrogens (tertiary/aromatic N) is 1. The second kappa shape index (κ2) is 5.16. The second-order valence-corrected chi connectivity index (χ2v) is 5.69. The van der Waals surface area contributed by atoms with Crippen molar-refractivity contribution in [1.29, 1.82) is 0 Å². The summed E-state index contributed by atoms with van der Waals surface area (Å²) in [4.78, 5) is 11.1. The van der Waals surface area contributed by atoms with Crippen molar-refractivity contribution in [3.8, 4) is 5.75 Å². The molecule has 0 aromatic heterocycles. The molecule has 1 saturated carbocycles. The van der Waals surface area contributed by atoms with Crippen LogP contribution in [-0.2, 0) is 0 Å². The van der Waals surface area contributed by atoms with Crippen LogP contribution >= 0.6 is 0 Å². The average Bonchev–Trinajstić information content (AvgIpc) is 3.07. The Morgan fingerprint density at radius 2 is 1.95 bits per heavy atom. The van der Waals surface area contributed by atoms with Gasteiger partial charge in [-0.25, -0.2) is 0 Å². The van der Waals surface area contributed by atoms with Crippen molar-refractivity contribution in [3.63, 3.8) is 0 Å². The summed E-state index contributed by atoms with van der Waals surface area (Å²) in [5.74, 6) is 1.40. The fourth-order valence-electron chi connectivity index (χ4n) is 3.77. The highest BCUT2D eigenvalue weighted by Gasteiger charge is 2.34. The molecule has 0 heterocycles. The molecule has 1 N–H and O–H groups in total. The first-order chi connectivity index (χ1) is 9.29. The number of nitroso groups, excluding NO2 is 1. The van der Waals surface area contributed by atoms with Crippen LogP contribution in [0, 0.1) is 16.7 Å². The molecule has 3 nitrogen and oxygen atoms in total. The van der Waals surface area contributed by atoms with Gasteiger partial charge in [-0.1, -0.05) is 25.0 Å². The molecular formula is C16H19NO2. The van der Waals surface area contributed by atoms with E-state index in [0.717, 1.165) is 24.0 Å². The zero-order chi connectivity index (χ0) is 13.2. The first kappa shape index (κ1) is 12.4. The fraction of sp³-hybridized carbons (Fsp3) is 0.500. The number of hydrogen-bond donors (Lipinski definition) is 1. The molecule has 0 amide bonds. The molecule has 100 valence electrons. The van der Waals surface area contributed by atoms with Crippen molar-refractivity contribution in [2.24, 2.45) is 17.0 Å². The molecule has 1 unspecified atom stereocenters. The van der Waals surface area contributed by atoms with Crippen LogP contribution in [0.5, 0.6) is 5.75 Å². The first-order valence-corrected chi connectivity index (χ1v) is 7.15. The monoisotopic (exact) mass is 257 g/mol. The van der Waals surface area contributed by atoms with E-state index in [1.165, 1.54) is 25.7 Å². The molecule has 1 fully saturated rings. The van der Waals surface area contributed by atoms with Gasteiger partial charge in [-0.15, -0.1) is 4.91 Å². The molecule has 1 atom stereocenters. The zero-order valence-corrected chi connectivity index (χ0v) is 11.0. The van der Waals surface area contributed by atoms with E-state index < -0.39 is 0 Å². The number of phenolic OH excluding ortho intramolecular Hbond substituents is 1. The summed E-state index contributed by atoms with van der Waals surface area (Å²) >= 11 is 0. The number of benzene rings is 1. The number of allylic oxidation sites excluding steroid dienone is 2. The van der Waals surface area contributed by atoms with Crippen molar-refractivity contribution in [2.75, 3.05) is 0 Å². The standard InChI is InChI=1S/C16H19NO2/c18-13-7-3-6-12(10-13)16-14(8-9-15(16)17-19)11-4-1-2-5-11/h3,6-7,10-11,14,18H,1-2,4-5,8-9H2. The lowest BCUT2D eigenvalue weighted by Crippen LogP contribution is -2.10. The van der Waals surface area contributed by atoms with Gasteiger partial charge >= 0.3 is 0 Å². The predicted octanol–water partition coefficient (Wildman–Crippen LogP) is 4.47. The zero-order valence-electron chi connectivity index (χ0n) is 11.0. The second-order valence-electron chi connectivity index (χ2n) is 5.69. The van der Waals surface area contributed by atoms with Gasteiger partial charge in [-0.2, -0.15) is 0 Å². The van der Waals surface area contributed by atoms with Crippen LogP contribution in [-0.4, -0.2) is 5.11 Å². The lowest BCUT2D eigenvalue weighted by molar-refractivity contribution is 0.409. The summed E-state index contributed by atoms with van der Waals surface area (Å²) in [5.41, 5.74) is 2.77. The van der Waals surface area contributed by atoms with Crippen molar-refractivity contribution in [1.82, 2.24) is 0 Å². The molecule has 2 aliphatic rings. The summed E-state index contributed by atoms with van der Waals surface area (Å²) in [6.45, 7) is 0. The molecule has 1 aromatic rings. The van der Waals surface area contributed by atoms with Gasteiger partial charge in [-0.3, -0.25) is 0 Å². The summed E-state index contributed by atoms with van der Waals surface area (Å²) in [7, 11) is 0. The number of aromatic hydroxyl groups is 1. The van der Waals surface area contributed by atoms with E-state index in [-0.39, 0.29) is 5.75 Å². The number of hydrogen-bond acceptors (Lipinski definition) is 3. The topological polar surface area (TPSA) is 49.7 Å². The van der Waals surface area contributed by atoms with Gasteiger partial charge in [0.1, 0.15) is 5.75 Å². The van der Waals surface area contributed by atoms with Crippen LogP contribution in [0.2, 0.25) is 0 Å². The summed E-state index contributed by atoms with van der Waals surface area (Å²) in [6, 6.07) is 7.24. The van der Waals surface area contributed by atoms with E-state index in [4.69, 9.17) is 0 Å². The van der Waals surface area contributed by atoms with Crippen LogP contribution in [0.4, 0.5) is 0 Å². The Labute approximate surface area is 113 Å². The van der Waals surface area contributed by atoms with E-state index in [2.05, 4.69) is 5.18 Å². The Morgan fingerprint density at radius 1 is 1.16 bits per heavy atom. The van der Waals surface area contributed by atoms with Crippen molar-refractivity contribution >= 4 is 5.57 Å². The maximum absolute atomic E-state index is 11.1. The summed E-state index contributed by atoms with van der Waals surface area (Å²) in [6.07, 6.45) is 6.96. The van der Waals surface area contributed by atoms with E-state index >= 15 is 0 Å². The highest BCUT2D eigenvalue weighted by atomic mass is 16.3.